The first-order valence-electron chi connectivity index (χ1n) is 7.34. The van der Waals surface area contributed by atoms with Gasteiger partial charge in [-0.25, -0.2) is 9.97 Å². The molecular weight excluding hydrogens is 320 g/mol. The molecule has 0 radical (unpaired) electrons. The van der Waals surface area contributed by atoms with Gasteiger partial charge in [0, 0.05) is 16.5 Å². The summed E-state index contributed by atoms with van der Waals surface area (Å²) < 4.78 is 0. The molecule has 4 aromatic rings. The van der Waals surface area contributed by atoms with Crippen LogP contribution in [0.4, 0.5) is 0 Å². The van der Waals surface area contributed by atoms with Gasteiger partial charge in [-0.05, 0) is 23.9 Å². The number of nitrogens with zero attached hydrogens (tertiary/aromatic N) is 3. The van der Waals surface area contributed by atoms with Crippen molar-refractivity contribution in [1.82, 2.24) is 20.2 Å². The summed E-state index contributed by atoms with van der Waals surface area (Å²) >= 11 is 1.27. The molecule has 2 aromatic carbocycles. The number of hydrogen-bond acceptors (Lipinski definition) is 5. The summed E-state index contributed by atoms with van der Waals surface area (Å²) in [6.07, 6.45) is 0.812. The van der Waals surface area contributed by atoms with Crippen molar-refractivity contribution in [3.05, 3.63) is 66.2 Å². The number of fused-ring (bicyclic) bond motifs is 1. The van der Waals surface area contributed by atoms with Gasteiger partial charge in [0.1, 0.15) is 5.03 Å². The zero-order valence-electron chi connectivity index (χ0n) is 12.5. The molecule has 0 spiro atoms. The molecule has 0 saturated heterocycles. The van der Waals surface area contributed by atoms with Crippen molar-refractivity contribution in [1.29, 1.82) is 0 Å². The standard InChI is InChI=1S/C18H12N4OS/c23-11-14-10-13-8-4-5-9-15(13)19-17(14)24-18-20-16(21-22-18)12-6-2-1-3-7-12/h1-11H,(H,20,21,22). The van der Waals surface area contributed by atoms with Gasteiger partial charge >= 0.3 is 0 Å². The molecule has 6 heteroatoms. The monoisotopic (exact) mass is 332 g/mol. The zero-order valence-corrected chi connectivity index (χ0v) is 13.3. The van der Waals surface area contributed by atoms with E-state index in [1.807, 2.05) is 60.7 Å². The molecule has 0 aliphatic rings. The number of H-pyrrole nitrogens is 1. The first-order chi connectivity index (χ1) is 11.8. The summed E-state index contributed by atoms with van der Waals surface area (Å²) in [7, 11) is 0. The van der Waals surface area contributed by atoms with Crippen molar-refractivity contribution in [3.63, 3.8) is 0 Å². The van der Waals surface area contributed by atoms with Crippen LogP contribution in [0, 0.1) is 0 Å². The van der Waals surface area contributed by atoms with Gasteiger partial charge in [-0.15, -0.1) is 5.10 Å². The Morgan fingerprint density at radius 1 is 0.958 bits per heavy atom. The fraction of sp³-hybridized carbons (Fsp3) is 0. The molecule has 24 heavy (non-hydrogen) atoms. The Hall–Kier alpha value is -2.99. The predicted octanol–water partition coefficient (Wildman–Crippen LogP) is 3.98. The van der Waals surface area contributed by atoms with Crippen LogP contribution in [0.5, 0.6) is 0 Å². The third-order valence-corrected chi connectivity index (χ3v) is 4.43. The Kier molecular flexibility index (Phi) is 3.80. The lowest BCUT2D eigenvalue weighted by Gasteiger charge is -2.03. The number of carbonyl (C=O) groups is 1. The van der Waals surface area contributed by atoms with Crippen molar-refractivity contribution in [2.24, 2.45) is 0 Å². The van der Waals surface area contributed by atoms with Gasteiger partial charge in [-0.2, -0.15) is 0 Å². The summed E-state index contributed by atoms with van der Waals surface area (Å²) in [5.41, 5.74) is 2.33. The van der Waals surface area contributed by atoms with Crippen molar-refractivity contribution in [2.45, 2.75) is 10.2 Å². The van der Waals surface area contributed by atoms with E-state index in [2.05, 4.69) is 20.2 Å². The van der Waals surface area contributed by atoms with Crippen LogP contribution in [0.3, 0.4) is 0 Å². The molecule has 0 bridgehead atoms. The minimum absolute atomic E-state index is 0.528. The fourth-order valence-corrected chi connectivity index (χ4v) is 3.15. The number of rotatable bonds is 4. The van der Waals surface area contributed by atoms with Gasteiger partial charge in [0.2, 0.25) is 5.16 Å². The Morgan fingerprint density at radius 2 is 1.75 bits per heavy atom. The molecule has 1 N–H and O–H groups in total. The van der Waals surface area contributed by atoms with E-state index in [4.69, 9.17) is 0 Å². The van der Waals surface area contributed by atoms with Gasteiger partial charge in [0.15, 0.2) is 12.1 Å². The van der Waals surface area contributed by atoms with E-state index < -0.39 is 0 Å². The highest BCUT2D eigenvalue weighted by atomic mass is 32.2. The summed E-state index contributed by atoms with van der Waals surface area (Å²) in [6, 6.07) is 19.3. The molecule has 2 heterocycles. The lowest BCUT2D eigenvalue weighted by molar-refractivity contribution is 0.112. The highest BCUT2D eigenvalue weighted by molar-refractivity contribution is 7.99. The highest BCUT2D eigenvalue weighted by Gasteiger charge is 2.12. The average molecular weight is 332 g/mol. The summed E-state index contributed by atoms with van der Waals surface area (Å²) in [5, 5.41) is 9.19. The lowest BCUT2D eigenvalue weighted by Crippen LogP contribution is -1.92. The molecule has 0 aliphatic carbocycles. The molecule has 5 nitrogen and oxygen atoms in total. The minimum atomic E-state index is 0.528. The van der Waals surface area contributed by atoms with E-state index in [-0.39, 0.29) is 0 Å². The second kappa shape index (κ2) is 6.25. The van der Waals surface area contributed by atoms with Crippen LogP contribution in [-0.4, -0.2) is 26.5 Å². The number of carbonyl (C=O) groups excluding carboxylic acids is 1. The average Bonchev–Trinajstić information content (AvgIpc) is 3.10. The Labute approximate surface area is 142 Å². The second-order valence-electron chi connectivity index (χ2n) is 5.13. The maximum absolute atomic E-state index is 11.4. The van der Waals surface area contributed by atoms with Crippen molar-refractivity contribution < 1.29 is 4.79 Å². The summed E-state index contributed by atoms with van der Waals surface area (Å²) in [4.78, 5) is 20.4. The number of aldehydes is 1. The quantitative estimate of drug-likeness (QED) is 0.572. The van der Waals surface area contributed by atoms with Crippen LogP contribution in [-0.2, 0) is 0 Å². The summed E-state index contributed by atoms with van der Waals surface area (Å²) in [6.45, 7) is 0. The van der Waals surface area contributed by atoms with Gasteiger partial charge in [0.05, 0.1) is 5.52 Å². The molecule has 2 aromatic heterocycles. The molecule has 0 aliphatic heterocycles. The van der Waals surface area contributed by atoms with Crippen LogP contribution >= 0.6 is 11.8 Å². The van der Waals surface area contributed by atoms with Crippen LogP contribution < -0.4 is 0 Å². The normalized spacial score (nSPS) is 10.8. The minimum Gasteiger partial charge on any atom is -0.298 e. The number of aromatic amines is 1. The van der Waals surface area contributed by atoms with Crippen molar-refractivity contribution >= 4 is 29.0 Å². The number of aromatic nitrogens is 4. The molecular formula is C18H12N4OS. The Morgan fingerprint density at radius 3 is 2.58 bits per heavy atom. The molecule has 116 valence electrons. The van der Waals surface area contributed by atoms with Crippen LogP contribution in [0.15, 0.2) is 70.8 Å². The van der Waals surface area contributed by atoms with E-state index in [1.165, 1.54) is 11.8 Å². The van der Waals surface area contributed by atoms with E-state index in [1.54, 1.807) is 0 Å². The first kappa shape index (κ1) is 14.6. The van der Waals surface area contributed by atoms with E-state index in [0.29, 0.717) is 21.6 Å². The fourth-order valence-electron chi connectivity index (χ4n) is 2.38. The van der Waals surface area contributed by atoms with Gasteiger partial charge in [-0.3, -0.25) is 9.89 Å². The number of benzene rings is 2. The maximum Gasteiger partial charge on any atom is 0.215 e. The molecule has 4 rings (SSSR count). The van der Waals surface area contributed by atoms with Gasteiger partial charge < -0.3 is 0 Å². The van der Waals surface area contributed by atoms with E-state index in [9.17, 15) is 4.79 Å². The first-order valence-corrected chi connectivity index (χ1v) is 8.16. The molecule has 0 atom stereocenters. The molecule has 0 saturated carbocycles. The van der Waals surface area contributed by atoms with E-state index in [0.717, 1.165) is 22.8 Å². The zero-order chi connectivity index (χ0) is 16.4. The SMILES string of the molecule is O=Cc1cc2ccccc2nc1Sc1n[nH]c(-c2ccccc2)n1. The Balaban J connectivity index is 1.69. The van der Waals surface area contributed by atoms with Crippen molar-refractivity contribution in [2.75, 3.05) is 0 Å². The number of pyridine rings is 1. The molecule has 0 fully saturated rings. The largest absolute Gasteiger partial charge is 0.298 e. The number of nitrogens with one attached hydrogen (secondary N) is 1. The summed E-state index contributed by atoms with van der Waals surface area (Å²) in [5.74, 6) is 0.687. The van der Waals surface area contributed by atoms with E-state index >= 15 is 0 Å². The number of para-hydroxylation sites is 1. The van der Waals surface area contributed by atoms with Crippen LogP contribution in [0.25, 0.3) is 22.3 Å². The topological polar surface area (TPSA) is 71.5 Å². The van der Waals surface area contributed by atoms with Gasteiger partial charge in [-0.1, -0.05) is 48.5 Å². The maximum atomic E-state index is 11.4. The van der Waals surface area contributed by atoms with Crippen LogP contribution in [0.2, 0.25) is 0 Å². The van der Waals surface area contributed by atoms with Crippen LogP contribution in [0.1, 0.15) is 10.4 Å². The van der Waals surface area contributed by atoms with Gasteiger partial charge in [0.25, 0.3) is 0 Å². The predicted molar refractivity (Wildman–Crippen MR) is 93.1 cm³/mol. The highest BCUT2D eigenvalue weighted by Crippen LogP contribution is 2.29. The van der Waals surface area contributed by atoms with Crippen molar-refractivity contribution in [3.8, 4) is 11.4 Å². The second-order valence-corrected chi connectivity index (χ2v) is 6.08. The third-order valence-electron chi connectivity index (χ3n) is 3.54. The number of hydrogen-bond donors (Lipinski definition) is 1. The Bertz CT molecular complexity index is 1010. The molecule has 0 amide bonds. The molecule has 0 unspecified atom stereocenters. The third kappa shape index (κ3) is 2.79. The smallest absolute Gasteiger partial charge is 0.215 e. The lowest BCUT2D eigenvalue weighted by atomic mass is 10.2.